The van der Waals surface area contributed by atoms with Crippen molar-refractivity contribution < 1.29 is 0 Å². The number of thioether (sulfide) groups is 1. The normalized spacial score (nSPS) is 10.8. The summed E-state index contributed by atoms with van der Waals surface area (Å²) in [5, 5.41) is 7.91. The zero-order valence-electron chi connectivity index (χ0n) is 10.5. The van der Waals surface area contributed by atoms with Crippen LogP contribution in [0.5, 0.6) is 0 Å². The Balaban J connectivity index is 2.38. The Morgan fingerprint density at radius 1 is 1.59 bits per heavy atom. The van der Waals surface area contributed by atoms with Gasteiger partial charge >= 0.3 is 0 Å². The van der Waals surface area contributed by atoms with E-state index in [-0.39, 0.29) is 0 Å². The van der Waals surface area contributed by atoms with Gasteiger partial charge in [-0.2, -0.15) is 16.9 Å². The summed E-state index contributed by atoms with van der Waals surface area (Å²) in [6.07, 6.45) is 1.94. The molecule has 0 aliphatic carbocycles. The molecule has 0 aromatic carbocycles. The molecule has 0 fully saturated rings. The van der Waals surface area contributed by atoms with E-state index in [1.54, 1.807) is 0 Å². The molecular formula is C12H20BrN3S. The van der Waals surface area contributed by atoms with Crippen molar-refractivity contribution in [1.29, 1.82) is 0 Å². The molecule has 96 valence electrons. The first kappa shape index (κ1) is 14.8. The number of hydrogen-bond acceptors (Lipinski definition) is 3. The van der Waals surface area contributed by atoms with Gasteiger partial charge in [-0.1, -0.05) is 6.08 Å². The molecule has 0 saturated heterocycles. The first-order chi connectivity index (χ1) is 8.20. The van der Waals surface area contributed by atoms with Crippen LogP contribution >= 0.6 is 27.7 Å². The first-order valence-electron chi connectivity index (χ1n) is 5.81. The molecule has 3 nitrogen and oxygen atoms in total. The Labute approximate surface area is 116 Å². The summed E-state index contributed by atoms with van der Waals surface area (Å²) in [5.74, 6) is 2.14. The van der Waals surface area contributed by atoms with Crippen LogP contribution in [0.15, 0.2) is 17.1 Å². The van der Waals surface area contributed by atoms with Gasteiger partial charge in [-0.15, -0.1) is 6.58 Å². The van der Waals surface area contributed by atoms with Crippen molar-refractivity contribution in [3.8, 4) is 0 Å². The van der Waals surface area contributed by atoms with Crippen molar-refractivity contribution in [1.82, 2.24) is 15.1 Å². The summed E-state index contributed by atoms with van der Waals surface area (Å²) in [6, 6.07) is 0. The van der Waals surface area contributed by atoms with E-state index in [9.17, 15) is 0 Å². The number of aryl methyl sites for hydroxylation is 2. The van der Waals surface area contributed by atoms with Gasteiger partial charge in [0.25, 0.3) is 0 Å². The third kappa shape index (κ3) is 4.48. The molecule has 0 aliphatic heterocycles. The minimum Gasteiger partial charge on any atom is -0.310 e. The lowest BCUT2D eigenvalue weighted by molar-refractivity contribution is 0.587. The highest BCUT2D eigenvalue weighted by molar-refractivity contribution is 9.10. The minimum absolute atomic E-state index is 0.865. The molecule has 0 bridgehead atoms. The molecule has 0 amide bonds. The number of halogens is 1. The molecule has 0 radical (unpaired) electrons. The molecule has 1 N–H and O–H groups in total. The maximum atomic E-state index is 4.47. The summed E-state index contributed by atoms with van der Waals surface area (Å²) in [5.41, 5.74) is 2.29. The number of hydrogen-bond donors (Lipinski definition) is 1. The fourth-order valence-electron chi connectivity index (χ4n) is 1.56. The number of rotatable bonds is 8. The van der Waals surface area contributed by atoms with Gasteiger partial charge in [-0.05, 0) is 29.8 Å². The molecule has 0 unspecified atom stereocenters. The maximum absolute atomic E-state index is 4.47. The van der Waals surface area contributed by atoms with Gasteiger partial charge in [-0.3, -0.25) is 4.68 Å². The van der Waals surface area contributed by atoms with Crippen molar-refractivity contribution in [2.75, 3.05) is 18.1 Å². The van der Waals surface area contributed by atoms with Crippen molar-refractivity contribution in [2.45, 2.75) is 26.9 Å². The quantitative estimate of drug-likeness (QED) is 0.590. The molecule has 5 heteroatoms. The molecular weight excluding hydrogens is 298 g/mol. The predicted molar refractivity (Wildman–Crippen MR) is 79.6 cm³/mol. The third-order valence-electron chi connectivity index (χ3n) is 2.40. The van der Waals surface area contributed by atoms with Gasteiger partial charge in [0.1, 0.15) is 0 Å². The van der Waals surface area contributed by atoms with Crippen LogP contribution < -0.4 is 5.32 Å². The van der Waals surface area contributed by atoms with Crippen molar-refractivity contribution in [3.05, 3.63) is 28.5 Å². The SMILES string of the molecule is C=CCSCCNCc1c(Br)c(C)nn1CC. The van der Waals surface area contributed by atoms with E-state index in [1.807, 2.05) is 29.4 Å². The van der Waals surface area contributed by atoms with Crippen LogP contribution in [0, 0.1) is 6.92 Å². The zero-order chi connectivity index (χ0) is 12.7. The highest BCUT2D eigenvalue weighted by atomic mass is 79.9. The highest BCUT2D eigenvalue weighted by Crippen LogP contribution is 2.20. The number of nitrogens with zero attached hydrogens (tertiary/aromatic N) is 2. The van der Waals surface area contributed by atoms with Crippen LogP contribution in [-0.2, 0) is 13.1 Å². The maximum Gasteiger partial charge on any atom is 0.0739 e. The fourth-order valence-corrected chi connectivity index (χ4v) is 2.60. The Hall–Kier alpha value is -0.260. The van der Waals surface area contributed by atoms with Crippen LogP contribution in [0.4, 0.5) is 0 Å². The van der Waals surface area contributed by atoms with Crippen LogP contribution in [0.3, 0.4) is 0 Å². The second-order valence-corrected chi connectivity index (χ2v) is 5.65. The predicted octanol–water partition coefficient (Wildman–Crippen LogP) is 2.98. The molecule has 0 aliphatic rings. The van der Waals surface area contributed by atoms with Crippen molar-refractivity contribution in [3.63, 3.8) is 0 Å². The van der Waals surface area contributed by atoms with Gasteiger partial charge in [0.15, 0.2) is 0 Å². The topological polar surface area (TPSA) is 29.9 Å². The molecule has 1 heterocycles. The van der Waals surface area contributed by atoms with Crippen LogP contribution in [-0.4, -0.2) is 27.8 Å². The second kappa shape index (κ2) is 7.95. The van der Waals surface area contributed by atoms with Crippen LogP contribution in [0.25, 0.3) is 0 Å². The molecule has 0 spiro atoms. The average Bonchev–Trinajstić information content (AvgIpc) is 2.60. The van der Waals surface area contributed by atoms with Gasteiger partial charge in [-0.25, -0.2) is 0 Å². The standard InChI is InChI=1S/C12H20BrN3S/c1-4-7-17-8-6-14-9-11-12(13)10(3)15-16(11)5-2/h4,14H,1,5-9H2,2-3H3. The summed E-state index contributed by atoms with van der Waals surface area (Å²) in [4.78, 5) is 0. The van der Waals surface area contributed by atoms with Gasteiger partial charge in [0.2, 0.25) is 0 Å². The molecule has 1 aromatic rings. The zero-order valence-corrected chi connectivity index (χ0v) is 12.9. The lowest BCUT2D eigenvalue weighted by Gasteiger charge is -2.07. The van der Waals surface area contributed by atoms with E-state index in [0.717, 1.165) is 41.3 Å². The summed E-state index contributed by atoms with van der Waals surface area (Å²) in [6.45, 7) is 10.6. The Morgan fingerprint density at radius 3 is 3.00 bits per heavy atom. The van der Waals surface area contributed by atoms with E-state index in [2.05, 4.69) is 39.8 Å². The highest BCUT2D eigenvalue weighted by Gasteiger charge is 2.10. The second-order valence-electron chi connectivity index (χ2n) is 3.70. The van der Waals surface area contributed by atoms with Crippen molar-refractivity contribution >= 4 is 27.7 Å². The van der Waals surface area contributed by atoms with E-state index < -0.39 is 0 Å². The Bertz CT molecular complexity index is 363. The third-order valence-corrected chi connectivity index (χ3v) is 4.40. The van der Waals surface area contributed by atoms with Crippen LogP contribution in [0.2, 0.25) is 0 Å². The first-order valence-corrected chi connectivity index (χ1v) is 7.76. The monoisotopic (exact) mass is 317 g/mol. The lowest BCUT2D eigenvalue weighted by atomic mass is 10.3. The summed E-state index contributed by atoms with van der Waals surface area (Å²) >= 11 is 5.49. The van der Waals surface area contributed by atoms with Gasteiger partial charge < -0.3 is 5.32 Å². The van der Waals surface area contributed by atoms with Crippen LogP contribution in [0.1, 0.15) is 18.3 Å². The number of nitrogens with one attached hydrogen (secondary N) is 1. The smallest absolute Gasteiger partial charge is 0.0739 e. The minimum atomic E-state index is 0.865. The van der Waals surface area contributed by atoms with Gasteiger partial charge in [0, 0.05) is 31.1 Å². The van der Waals surface area contributed by atoms with E-state index in [4.69, 9.17) is 0 Å². The number of aromatic nitrogens is 2. The Kier molecular flexibility index (Phi) is 6.92. The molecule has 1 aromatic heterocycles. The van der Waals surface area contributed by atoms with E-state index in [0.29, 0.717) is 0 Å². The van der Waals surface area contributed by atoms with E-state index in [1.165, 1.54) is 5.69 Å². The van der Waals surface area contributed by atoms with Gasteiger partial charge in [0.05, 0.1) is 15.9 Å². The summed E-state index contributed by atoms with van der Waals surface area (Å²) in [7, 11) is 0. The molecule has 1 rings (SSSR count). The van der Waals surface area contributed by atoms with E-state index >= 15 is 0 Å². The average molecular weight is 318 g/mol. The largest absolute Gasteiger partial charge is 0.310 e. The lowest BCUT2D eigenvalue weighted by Crippen LogP contribution is -2.19. The fraction of sp³-hybridized carbons (Fsp3) is 0.583. The molecule has 0 saturated carbocycles. The summed E-state index contributed by atoms with van der Waals surface area (Å²) < 4.78 is 3.18. The molecule has 17 heavy (non-hydrogen) atoms. The molecule has 0 atom stereocenters. The van der Waals surface area contributed by atoms with Crippen molar-refractivity contribution in [2.24, 2.45) is 0 Å². The Morgan fingerprint density at radius 2 is 2.35 bits per heavy atom.